The molecule has 1 aliphatic rings. The maximum Gasteiger partial charge on any atom is 0.230 e. The van der Waals surface area contributed by atoms with Gasteiger partial charge in [-0.25, -0.2) is 8.78 Å². The lowest BCUT2D eigenvalue weighted by Crippen LogP contribution is -2.53. The van der Waals surface area contributed by atoms with Crippen LogP contribution < -0.4 is 5.32 Å². The number of aryl methyl sites for hydroxylation is 1. The number of rotatable bonds is 8. The zero-order valence-corrected chi connectivity index (χ0v) is 19.7. The number of piperidine rings is 1. The average Bonchev–Trinajstić information content (AvgIpc) is 2.89. The molecule has 0 bridgehead atoms. The van der Waals surface area contributed by atoms with Crippen LogP contribution in [0, 0.1) is 11.6 Å². The van der Waals surface area contributed by atoms with Gasteiger partial charge in [0.2, 0.25) is 11.8 Å². The molecule has 0 aromatic heterocycles. The van der Waals surface area contributed by atoms with Gasteiger partial charge in [-0.2, -0.15) is 0 Å². The topological polar surface area (TPSA) is 49.4 Å². The number of carbonyl (C=O) groups is 2. The quantitative estimate of drug-likeness (QED) is 0.507. The Morgan fingerprint density at radius 1 is 0.800 bits per heavy atom. The Balaban J connectivity index is 1.38. The van der Waals surface area contributed by atoms with Gasteiger partial charge in [-0.1, -0.05) is 54.6 Å². The fourth-order valence-corrected chi connectivity index (χ4v) is 4.78. The van der Waals surface area contributed by atoms with Crippen LogP contribution in [0.4, 0.5) is 8.78 Å². The van der Waals surface area contributed by atoms with Crippen LogP contribution in [0.25, 0.3) is 0 Å². The molecule has 3 aromatic carbocycles. The van der Waals surface area contributed by atoms with Crippen molar-refractivity contribution in [2.45, 2.75) is 37.5 Å². The Hall–Kier alpha value is -3.54. The Bertz CT molecular complexity index is 1140. The van der Waals surface area contributed by atoms with E-state index in [1.54, 1.807) is 18.2 Å². The third-order valence-electron chi connectivity index (χ3n) is 6.86. The first-order valence-corrected chi connectivity index (χ1v) is 12.1. The van der Waals surface area contributed by atoms with Crippen LogP contribution in [0.15, 0.2) is 78.9 Å². The molecule has 2 amide bonds. The second-order valence-electron chi connectivity index (χ2n) is 9.09. The molecular weight excluding hydrogens is 446 g/mol. The van der Waals surface area contributed by atoms with Crippen molar-refractivity contribution in [1.29, 1.82) is 0 Å². The molecule has 0 spiro atoms. The summed E-state index contributed by atoms with van der Waals surface area (Å²) in [7, 11) is 0. The van der Waals surface area contributed by atoms with Gasteiger partial charge in [0.15, 0.2) is 0 Å². The molecule has 182 valence electrons. The van der Waals surface area contributed by atoms with E-state index in [9.17, 15) is 18.4 Å². The fourth-order valence-electron chi connectivity index (χ4n) is 4.78. The van der Waals surface area contributed by atoms with E-state index in [0.717, 1.165) is 16.7 Å². The van der Waals surface area contributed by atoms with Crippen molar-refractivity contribution in [3.05, 3.63) is 107 Å². The second kappa shape index (κ2) is 11.3. The van der Waals surface area contributed by atoms with Crippen molar-refractivity contribution in [3.8, 4) is 0 Å². The maximum atomic E-state index is 13.5. The van der Waals surface area contributed by atoms with Crippen LogP contribution in [0.1, 0.15) is 36.0 Å². The van der Waals surface area contributed by atoms with E-state index in [-0.39, 0.29) is 23.4 Å². The molecule has 3 aromatic rings. The lowest BCUT2D eigenvalue weighted by molar-refractivity contribution is -0.136. The number of nitrogens with one attached hydrogen (secondary N) is 1. The van der Waals surface area contributed by atoms with E-state index in [1.165, 1.54) is 24.3 Å². The van der Waals surface area contributed by atoms with Crippen molar-refractivity contribution in [1.82, 2.24) is 10.2 Å². The van der Waals surface area contributed by atoms with Crippen LogP contribution >= 0.6 is 0 Å². The first-order chi connectivity index (χ1) is 17.0. The number of likely N-dealkylation sites (tertiary alicyclic amines) is 1. The van der Waals surface area contributed by atoms with Crippen molar-refractivity contribution in [2.75, 3.05) is 19.6 Å². The Morgan fingerprint density at radius 2 is 1.51 bits per heavy atom. The molecule has 1 fully saturated rings. The molecule has 1 saturated heterocycles. The summed E-state index contributed by atoms with van der Waals surface area (Å²) in [5.41, 5.74) is 1.99. The minimum atomic E-state index is -0.711. The molecule has 0 atom stereocenters. The van der Waals surface area contributed by atoms with Crippen LogP contribution in [-0.4, -0.2) is 36.3 Å². The molecule has 1 aliphatic heterocycles. The van der Waals surface area contributed by atoms with Crippen molar-refractivity contribution in [2.24, 2.45) is 0 Å². The summed E-state index contributed by atoms with van der Waals surface area (Å²) in [6, 6.07) is 22.3. The van der Waals surface area contributed by atoms with Crippen molar-refractivity contribution >= 4 is 11.8 Å². The van der Waals surface area contributed by atoms with Gasteiger partial charge < -0.3 is 10.2 Å². The molecule has 0 unspecified atom stereocenters. The van der Waals surface area contributed by atoms with Crippen molar-refractivity contribution in [3.63, 3.8) is 0 Å². The molecule has 0 saturated carbocycles. The SMILES string of the molecule is O=C(CCc1ccc(F)cc1)N1CCC(C(=O)NCCc2cccc(F)c2)(c2ccccc2)CC1. The van der Waals surface area contributed by atoms with E-state index in [1.807, 2.05) is 41.3 Å². The number of nitrogens with zero attached hydrogens (tertiary/aromatic N) is 1. The first-order valence-electron chi connectivity index (χ1n) is 12.1. The minimum Gasteiger partial charge on any atom is -0.355 e. The summed E-state index contributed by atoms with van der Waals surface area (Å²) in [6.45, 7) is 1.40. The number of hydrogen-bond acceptors (Lipinski definition) is 2. The monoisotopic (exact) mass is 476 g/mol. The normalized spacial score (nSPS) is 15.0. The molecule has 4 nitrogen and oxygen atoms in total. The van der Waals surface area contributed by atoms with Gasteiger partial charge >= 0.3 is 0 Å². The molecule has 4 rings (SSSR count). The van der Waals surface area contributed by atoms with Gasteiger partial charge in [0.1, 0.15) is 11.6 Å². The predicted octanol–water partition coefficient (Wildman–Crippen LogP) is 4.82. The van der Waals surface area contributed by atoms with E-state index in [4.69, 9.17) is 0 Å². The lowest BCUT2D eigenvalue weighted by Gasteiger charge is -2.41. The summed E-state index contributed by atoms with van der Waals surface area (Å²) in [5.74, 6) is -0.588. The highest BCUT2D eigenvalue weighted by molar-refractivity contribution is 5.89. The maximum absolute atomic E-state index is 13.5. The van der Waals surface area contributed by atoms with Crippen LogP contribution in [-0.2, 0) is 27.8 Å². The van der Waals surface area contributed by atoms with Crippen LogP contribution in [0.2, 0.25) is 0 Å². The van der Waals surface area contributed by atoms with Gasteiger partial charge in [0, 0.05) is 26.1 Å². The van der Waals surface area contributed by atoms with E-state index in [2.05, 4.69) is 5.32 Å². The zero-order chi connectivity index (χ0) is 24.7. The zero-order valence-electron chi connectivity index (χ0n) is 19.7. The van der Waals surface area contributed by atoms with Gasteiger partial charge in [-0.15, -0.1) is 0 Å². The second-order valence-corrected chi connectivity index (χ2v) is 9.09. The largest absolute Gasteiger partial charge is 0.355 e. The molecule has 0 radical (unpaired) electrons. The summed E-state index contributed by atoms with van der Waals surface area (Å²) in [5, 5.41) is 3.06. The van der Waals surface area contributed by atoms with E-state index < -0.39 is 5.41 Å². The number of benzene rings is 3. The third-order valence-corrected chi connectivity index (χ3v) is 6.86. The number of hydrogen-bond donors (Lipinski definition) is 1. The highest BCUT2D eigenvalue weighted by Crippen LogP contribution is 2.36. The van der Waals surface area contributed by atoms with Gasteiger partial charge in [-0.3, -0.25) is 9.59 Å². The number of carbonyl (C=O) groups excluding carboxylic acids is 2. The van der Waals surface area contributed by atoms with E-state index >= 15 is 0 Å². The standard InChI is InChI=1S/C29H30F2N2O2/c30-25-12-9-22(10-13-25)11-14-27(34)33-19-16-29(17-20-33,24-6-2-1-3-7-24)28(35)32-18-15-23-5-4-8-26(31)21-23/h1-10,12-13,21H,11,14-20H2,(H,32,35). The highest BCUT2D eigenvalue weighted by atomic mass is 19.1. The summed E-state index contributed by atoms with van der Waals surface area (Å²) in [4.78, 5) is 28.1. The van der Waals surface area contributed by atoms with Gasteiger partial charge in [0.05, 0.1) is 5.41 Å². The molecule has 1 N–H and O–H groups in total. The molecular formula is C29H30F2N2O2. The lowest BCUT2D eigenvalue weighted by atomic mass is 9.72. The minimum absolute atomic E-state index is 0.0440. The Labute approximate surface area is 205 Å². The van der Waals surface area contributed by atoms with Gasteiger partial charge in [-0.05, 0) is 66.6 Å². The van der Waals surface area contributed by atoms with Crippen LogP contribution in [0.3, 0.4) is 0 Å². The average molecular weight is 477 g/mol. The molecule has 6 heteroatoms. The van der Waals surface area contributed by atoms with Crippen molar-refractivity contribution < 1.29 is 18.4 Å². The smallest absolute Gasteiger partial charge is 0.230 e. The molecule has 35 heavy (non-hydrogen) atoms. The predicted molar refractivity (Wildman–Crippen MR) is 132 cm³/mol. The van der Waals surface area contributed by atoms with E-state index in [0.29, 0.717) is 51.7 Å². The fraction of sp³-hybridized carbons (Fsp3) is 0.310. The summed E-state index contributed by atoms with van der Waals surface area (Å²) in [6.07, 6.45) is 2.52. The Morgan fingerprint density at radius 3 is 2.20 bits per heavy atom. The third kappa shape index (κ3) is 6.13. The molecule has 1 heterocycles. The highest BCUT2D eigenvalue weighted by Gasteiger charge is 2.43. The first kappa shape index (κ1) is 24.6. The summed E-state index contributed by atoms with van der Waals surface area (Å²) < 4.78 is 26.6. The number of halogens is 2. The van der Waals surface area contributed by atoms with Gasteiger partial charge in [0.25, 0.3) is 0 Å². The summed E-state index contributed by atoms with van der Waals surface area (Å²) >= 11 is 0. The Kier molecular flexibility index (Phi) is 7.91. The number of amides is 2. The van der Waals surface area contributed by atoms with Crippen LogP contribution in [0.5, 0.6) is 0 Å². The molecule has 0 aliphatic carbocycles.